The number of thiophene rings is 1. The molecule has 2 heterocycles. The van der Waals surface area contributed by atoms with Gasteiger partial charge in [-0.25, -0.2) is 4.98 Å². The van der Waals surface area contributed by atoms with Gasteiger partial charge in [0.15, 0.2) is 0 Å². The van der Waals surface area contributed by atoms with Crippen molar-refractivity contribution >= 4 is 38.7 Å². The van der Waals surface area contributed by atoms with Crippen LogP contribution in [0.4, 0.5) is 0 Å². The number of carbonyl (C=O) groups is 1. The average Bonchev–Trinajstić information content (AvgIpc) is 3.11. The molecule has 0 saturated heterocycles. The summed E-state index contributed by atoms with van der Waals surface area (Å²) in [5, 5.41) is 2.12. The molecule has 0 aliphatic heterocycles. The summed E-state index contributed by atoms with van der Waals surface area (Å²) in [6, 6.07) is 8.08. The minimum atomic E-state index is 0.0318. The van der Waals surface area contributed by atoms with E-state index < -0.39 is 0 Å². The molecule has 23 heavy (non-hydrogen) atoms. The molecule has 0 spiro atoms. The molecule has 0 unspecified atom stereocenters. The molecule has 4 nitrogen and oxygen atoms in total. The minimum Gasteiger partial charge on any atom is -0.380 e. The molecule has 3 rings (SSSR count). The number of aromatic nitrogens is 1. The quantitative estimate of drug-likeness (QED) is 0.699. The van der Waals surface area contributed by atoms with Crippen LogP contribution in [0.3, 0.4) is 0 Å². The molecule has 0 aliphatic carbocycles. The van der Waals surface area contributed by atoms with Gasteiger partial charge in [-0.2, -0.15) is 0 Å². The third-order valence-electron chi connectivity index (χ3n) is 3.59. The number of hydrogen-bond donors (Lipinski definition) is 0. The first kappa shape index (κ1) is 16.1. The van der Waals surface area contributed by atoms with Crippen molar-refractivity contribution < 1.29 is 9.53 Å². The number of carbonyl (C=O) groups excluding carboxylic acids is 1. The van der Waals surface area contributed by atoms with E-state index in [9.17, 15) is 4.79 Å². The average molecular weight is 346 g/mol. The van der Waals surface area contributed by atoms with Crippen molar-refractivity contribution in [3.63, 3.8) is 0 Å². The summed E-state index contributed by atoms with van der Waals surface area (Å²) in [5.41, 5.74) is 0.977. The SMILES string of the molecule is COCc1c(C(=O)N(C)Cc2cnc(C)s2)sc2ccccc12. The molecule has 1 amide bonds. The molecule has 6 heteroatoms. The summed E-state index contributed by atoms with van der Waals surface area (Å²) >= 11 is 3.15. The van der Waals surface area contributed by atoms with E-state index in [1.807, 2.05) is 44.4 Å². The molecule has 0 fully saturated rings. The van der Waals surface area contributed by atoms with Gasteiger partial charge in [0, 0.05) is 35.5 Å². The zero-order chi connectivity index (χ0) is 16.4. The first-order valence-electron chi connectivity index (χ1n) is 7.26. The van der Waals surface area contributed by atoms with E-state index in [0.717, 1.165) is 30.4 Å². The second-order valence-corrected chi connectivity index (χ2v) is 7.72. The molecular weight excluding hydrogens is 328 g/mol. The van der Waals surface area contributed by atoms with E-state index in [2.05, 4.69) is 4.98 Å². The van der Waals surface area contributed by atoms with Crippen molar-refractivity contribution in [2.24, 2.45) is 0 Å². The third kappa shape index (κ3) is 3.29. The number of aryl methyl sites for hydroxylation is 1. The Morgan fingerprint density at radius 2 is 2.09 bits per heavy atom. The smallest absolute Gasteiger partial charge is 0.264 e. The molecule has 0 saturated carbocycles. The van der Waals surface area contributed by atoms with Crippen molar-refractivity contribution in [2.45, 2.75) is 20.1 Å². The maximum Gasteiger partial charge on any atom is 0.264 e. The highest BCUT2D eigenvalue weighted by atomic mass is 32.1. The van der Waals surface area contributed by atoms with Crippen LogP contribution in [0.5, 0.6) is 0 Å². The Labute approximate surface area is 143 Å². The fourth-order valence-electron chi connectivity index (χ4n) is 2.52. The summed E-state index contributed by atoms with van der Waals surface area (Å²) in [5.74, 6) is 0.0318. The highest BCUT2D eigenvalue weighted by molar-refractivity contribution is 7.21. The summed E-state index contributed by atoms with van der Waals surface area (Å²) in [6.07, 6.45) is 1.84. The predicted molar refractivity (Wildman–Crippen MR) is 95.2 cm³/mol. The lowest BCUT2D eigenvalue weighted by Crippen LogP contribution is -2.25. The van der Waals surface area contributed by atoms with Gasteiger partial charge >= 0.3 is 0 Å². The number of thiazole rings is 1. The Balaban J connectivity index is 1.91. The number of methoxy groups -OCH3 is 1. The summed E-state index contributed by atoms with van der Waals surface area (Å²) in [4.78, 5) is 20.7. The summed E-state index contributed by atoms with van der Waals surface area (Å²) in [7, 11) is 3.49. The summed E-state index contributed by atoms with van der Waals surface area (Å²) in [6.45, 7) is 2.99. The van der Waals surface area contributed by atoms with Gasteiger partial charge in [-0.05, 0) is 18.4 Å². The van der Waals surface area contributed by atoms with E-state index >= 15 is 0 Å². The van der Waals surface area contributed by atoms with Crippen LogP contribution in [0, 0.1) is 6.92 Å². The fraction of sp³-hybridized carbons (Fsp3) is 0.294. The molecule has 2 aromatic heterocycles. The van der Waals surface area contributed by atoms with Gasteiger partial charge in [0.25, 0.3) is 5.91 Å². The number of fused-ring (bicyclic) bond motifs is 1. The number of amides is 1. The molecule has 0 bridgehead atoms. The maximum atomic E-state index is 12.9. The van der Waals surface area contributed by atoms with Crippen LogP contribution in [0.2, 0.25) is 0 Å². The van der Waals surface area contributed by atoms with Gasteiger partial charge in [0.1, 0.15) is 0 Å². The zero-order valence-corrected chi connectivity index (χ0v) is 15.0. The van der Waals surface area contributed by atoms with Gasteiger partial charge in [0.05, 0.1) is 23.0 Å². The van der Waals surface area contributed by atoms with Gasteiger partial charge < -0.3 is 9.64 Å². The van der Waals surface area contributed by atoms with Crippen LogP contribution in [0.15, 0.2) is 30.5 Å². The third-order valence-corrected chi connectivity index (χ3v) is 5.69. The Morgan fingerprint density at radius 1 is 1.30 bits per heavy atom. The standard InChI is InChI=1S/C17H18N2O2S2/c1-11-18-8-12(22-11)9-19(2)17(20)16-14(10-21-3)13-6-4-5-7-15(13)23-16/h4-8H,9-10H2,1-3H3. The Kier molecular flexibility index (Phi) is 4.75. The lowest BCUT2D eigenvalue weighted by Gasteiger charge is -2.16. The van der Waals surface area contributed by atoms with E-state index in [4.69, 9.17) is 4.74 Å². The van der Waals surface area contributed by atoms with Crippen molar-refractivity contribution in [1.29, 1.82) is 0 Å². The second-order valence-electron chi connectivity index (χ2n) is 5.35. The van der Waals surface area contributed by atoms with E-state index in [0.29, 0.717) is 13.2 Å². The minimum absolute atomic E-state index is 0.0318. The van der Waals surface area contributed by atoms with Crippen LogP contribution in [-0.4, -0.2) is 29.9 Å². The first-order valence-corrected chi connectivity index (χ1v) is 8.89. The normalized spacial score (nSPS) is 11.1. The van der Waals surface area contributed by atoms with Crippen LogP contribution in [-0.2, 0) is 17.9 Å². The lowest BCUT2D eigenvalue weighted by atomic mass is 10.1. The van der Waals surface area contributed by atoms with Crippen LogP contribution in [0.1, 0.15) is 25.1 Å². The molecule has 0 N–H and O–H groups in total. The van der Waals surface area contributed by atoms with Gasteiger partial charge in [-0.1, -0.05) is 18.2 Å². The Morgan fingerprint density at radius 3 is 2.78 bits per heavy atom. The number of rotatable bonds is 5. The highest BCUT2D eigenvalue weighted by Gasteiger charge is 2.21. The second kappa shape index (κ2) is 6.78. The molecule has 120 valence electrons. The van der Waals surface area contributed by atoms with Crippen molar-refractivity contribution in [2.75, 3.05) is 14.2 Å². The Bertz CT molecular complexity index is 838. The Hall–Kier alpha value is -1.76. The fourth-order valence-corrected chi connectivity index (χ4v) is 4.57. The van der Waals surface area contributed by atoms with Gasteiger partial charge in [0.2, 0.25) is 0 Å². The van der Waals surface area contributed by atoms with Gasteiger partial charge in [-0.15, -0.1) is 22.7 Å². The lowest BCUT2D eigenvalue weighted by molar-refractivity contribution is 0.0787. The summed E-state index contributed by atoms with van der Waals surface area (Å²) < 4.78 is 6.43. The number of ether oxygens (including phenoxy) is 1. The largest absolute Gasteiger partial charge is 0.380 e. The van der Waals surface area contributed by atoms with Crippen LogP contribution in [0.25, 0.3) is 10.1 Å². The van der Waals surface area contributed by atoms with Crippen molar-refractivity contribution in [3.8, 4) is 0 Å². The predicted octanol–water partition coefficient (Wildman–Crippen LogP) is 4.08. The number of hydrogen-bond acceptors (Lipinski definition) is 5. The van der Waals surface area contributed by atoms with Crippen molar-refractivity contribution in [1.82, 2.24) is 9.88 Å². The van der Waals surface area contributed by atoms with E-state index in [-0.39, 0.29) is 5.91 Å². The maximum absolute atomic E-state index is 12.9. The monoisotopic (exact) mass is 346 g/mol. The molecule has 1 aromatic carbocycles. The van der Waals surface area contributed by atoms with Crippen molar-refractivity contribution in [3.05, 3.63) is 50.8 Å². The molecule has 0 aliphatic rings. The zero-order valence-electron chi connectivity index (χ0n) is 13.3. The van der Waals surface area contributed by atoms with Crippen LogP contribution >= 0.6 is 22.7 Å². The molecule has 0 radical (unpaired) electrons. The molecule has 3 aromatic rings. The van der Waals surface area contributed by atoms with Crippen LogP contribution < -0.4 is 0 Å². The number of nitrogens with zero attached hydrogens (tertiary/aromatic N) is 2. The van der Waals surface area contributed by atoms with E-state index in [1.54, 1.807) is 23.3 Å². The van der Waals surface area contributed by atoms with Gasteiger partial charge in [-0.3, -0.25) is 4.79 Å². The number of benzene rings is 1. The van der Waals surface area contributed by atoms with E-state index in [1.165, 1.54) is 11.3 Å². The topological polar surface area (TPSA) is 42.4 Å². The molecular formula is C17H18N2O2S2. The highest BCUT2D eigenvalue weighted by Crippen LogP contribution is 2.33. The molecule has 0 atom stereocenters. The first-order chi connectivity index (χ1) is 11.1.